The first-order chi connectivity index (χ1) is 7.16. The van der Waals surface area contributed by atoms with Gasteiger partial charge in [0.1, 0.15) is 6.54 Å². The summed E-state index contributed by atoms with van der Waals surface area (Å²) in [6, 6.07) is 5.71. The highest BCUT2D eigenvalue weighted by Crippen LogP contribution is 2.11. The summed E-state index contributed by atoms with van der Waals surface area (Å²) in [6.45, 7) is 4.22. The zero-order chi connectivity index (χ0) is 10.8. The highest BCUT2D eigenvalue weighted by Gasteiger charge is 2.09. The Morgan fingerprint density at radius 2 is 2.33 bits per heavy atom. The molecule has 0 spiro atoms. The largest absolute Gasteiger partial charge is 0.291 e. The molecule has 15 heavy (non-hydrogen) atoms. The number of carbonyl (C=O) groups excluding carboxylic acids is 1. The first kappa shape index (κ1) is 10.1. The summed E-state index contributed by atoms with van der Waals surface area (Å²) in [6.07, 6.45) is 0. The Bertz CT molecular complexity index is 471. The molecule has 0 amide bonds. The van der Waals surface area contributed by atoms with Gasteiger partial charge in [0.25, 0.3) is 0 Å². The smallest absolute Gasteiger partial charge is 0.194 e. The number of rotatable bonds is 3. The maximum Gasteiger partial charge on any atom is 0.194 e. The van der Waals surface area contributed by atoms with Crippen LogP contribution in [0.1, 0.15) is 21.1 Å². The molecule has 0 aliphatic rings. The zero-order valence-corrected chi connectivity index (χ0v) is 9.54. The summed E-state index contributed by atoms with van der Waals surface area (Å²) in [5.74, 6) is 0.121. The number of hydrogen-bond acceptors (Lipinski definition) is 3. The Balaban J connectivity index is 2.16. The van der Waals surface area contributed by atoms with Crippen molar-refractivity contribution in [3.63, 3.8) is 0 Å². The summed E-state index contributed by atoms with van der Waals surface area (Å²) >= 11 is 1.47. The lowest BCUT2D eigenvalue weighted by atomic mass is 10.3. The minimum atomic E-state index is 0.121. The van der Waals surface area contributed by atoms with Crippen molar-refractivity contribution in [2.24, 2.45) is 0 Å². The van der Waals surface area contributed by atoms with Gasteiger partial charge in [0.05, 0.1) is 10.6 Å². The van der Waals surface area contributed by atoms with Gasteiger partial charge >= 0.3 is 0 Å². The molecule has 0 unspecified atom stereocenters. The Morgan fingerprint density at radius 3 is 2.87 bits per heavy atom. The van der Waals surface area contributed by atoms with Crippen LogP contribution >= 0.6 is 11.3 Å². The molecular formula is C11H12N2OS. The van der Waals surface area contributed by atoms with Gasteiger partial charge in [-0.3, -0.25) is 9.48 Å². The average molecular weight is 220 g/mol. The number of hydrogen-bond donors (Lipinski definition) is 0. The second-order valence-corrected chi connectivity index (χ2v) is 4.43. The van der Waals surface area contributed by atoms with E-state index < -0.39 is 0 Å². The standard InChI is InChI=1S/C11H12N2OS/c1-8-6-9(2)13(12-8)7-10(14)11-4-3-5-15-11/h3-6H,7H2,1-2H3. The van der Waals surface area contributed by atoms with Crippen LogP contribution in [0.3, 0.4) is 0 Å². The lowest BCUT2D eigenvalue weighted by molar-refractivity contribution is 0.0970. The number of Topliss-reactive ketones (excluding diaryl/α,β-unsaturated/α-hetero) is 1. The van der Waals surface area contributed by atoms with E-state index in [9.17, 15) is 4.79 Å². The maximum atomic E-state index is 11.8. The molecule has 0 atom stereocenters. The summed E-state index contributed by atoms with van der Waals surface area (Å²) in [4.78, 5) is 12.6. The van der Waals surface area contributed by atoms with Crippen LogP contribution in [0.5, 0.6) is 0 Å². The summed E-state index contributed by atoms with van der Waals surface area (Å²) < 4.78 is 1.75. The predicted octanol–water partition coefficient (Wildman–Crippen LogP) is 2.44. The van der Waals surface area contributed by atoms with Crippen molar-refractivity contribution >= 4 is 17.1 Å². The molecule has 0 saturated carbocycles. The fourth-order valence-electron chi connectivity index (χ4n) is 1.49. The quantitative estimate of drug-likeness (QED) is 0.745. The molecule has 0 saturated heterocycles. The van der Waals surface area contributed by atoms with Crippen molar-refractivity contribution < 1.29 is 4.79 Å². The van der Waals surface area contributed by atoms with Crippen molar-refractivity contribution in [1.29, 1.82) is 0 Å². The molecule has 0 aromatic carbocycles. The van der Waals surface area contributed by atoms with E-state index in [-0.39, 0.29) is 5.78 Å². The van der Waals surface area contributed by atoms with Gasteiger partial charge in [0.2, 0.25) is 0 Å². The fourth-order valence-corrected chi connectivity index (χ4v) is 2.14. The lowest BCUT2D eigenvalue weighted by Gasteiger charge is -2.01. The Labute approximate surface area is 92.4 Å². The highest BCUT2D eigenvalue weighted by atomic mass is 32.1. The van der Waals surface area contributed by atoms with Gasteiger partial charge in [0.15, 0.2) is 5.78 Å². The van der Waals surface area contributed by atoms with Gasteiger partial charge in [-0.1, -0.05) is 6.07 Å². The molecule has 3 nitrogen and oxygen atoms in total. The lowest BCUT2D eigenvalue weighted by Crippen LogP contribution is -2.11. The molecule has 2 aromatic heterocycles. The number of aryl methyl sites for hydroxylation is 2. The molecule has 0 fully saturated rings. The monoisotopic (exact) mass is 220 g/mol. The van der Waals surface area contributed by atoms with Crippen LogP contribution in [0.2, 0.25) is 0 Å². The van der Waals surface area contributed by atoms with E-state index >= 15 is 0 Å². The van der Waals surface area contributed by atoms with Crippen LogP contribution in [0.25, 0.3) is 0 Å². The van der Waals surface area contributed by atoms with E-state index in [0.29, 0.717) is 6.54 Å². The number of thiophene rings is 1. The maximum absolute atomic E-state index is 11.8. The van der Waals surface area contributed by atoms with Crippen molar-refractivity contribution in [1.82, 2.24) is 9.78 Å². The Morgan fingerprint density at radius 1 is 1.53 bits per heavy atom. The molecule has 0 radical (unpaired) electrons. The molecule has 0 aliphatic heterocycles. The third kappa shape index (κ3) is 2.15. The zero-order valence-electron chi connectivity index (χ0n) is 8.73. The Kier molecular flexibility index (Phi) is 2.68. The van der Waals surface area contributed by atoms with E-state index in [1.165, 1.54) is 11.3 Å². The van der Waals surface area contributed by atoms with Crippen LogP contribution < -0.4 is 0 Å². The molecule has 78 valence electrons. The van der Waals surface area contributed by atoms with Gasteiger partial charge < -0.3 is 0 Å². The molecule has 4 heteroatoms. The average Bonchev–Trinajstić information content (AvgIpc) is 2.76. The minimum absolute atomic E-state index is 0.121. The first-order valence-electron chi connectivity index (χ1n) is 4.74. The number of ketones is 1. The van der Waals surface area contributed by atoms with Crippen molar-refractivity contribution in [3.8, 4) is 0 Å². The third-order valence-electron chi connectivity index (χ3n) is 2.19. The van der Waals surface area contributed by atoms with E-state index in [1.807, 2.05) is 37.4 Å². The van der Waals surface area contributed by atoms with E-state index in [2.05, 4.69) is 5.10 Å². The fraction of sp³-hybridized carbons (Fsp3) is 0.273. The van der Waals surface area contributed by atoms with E-state index in [1.54, 1.807) is 4.68 Å². The van der Waals surface area contributed by atoms with Gasteiger partial charge in [0, 0.05) is 5.69 Å². The van der Waals surface area contributed by atoms with E-state index in [0.717, 1.165) is 16.3 Å². The minimum Gasteiger partial charge on any atom is -0.291 e. The van der Waals surface area contributed by atoms with Gasteiger partial charge in [-0.15, -0.1) is 11.3 Å². The Hall–Kier alpha value is -1.42. The van der Waals surface area contributed by atoms with Crippen LogP contribution in [0.15, 0.2) is 23.6 Å². The summed E-state index contributed by atoms with van der Waals surface area (Å²) in [5, 5.41) is 6.17. The summed E-state index contributed by atoms with van der Waals surface area (Å²) in [5.41, 5.74) is 1.98. The van der Waals surface area contributed by atoms with E-state index in [4.69, 9.17) is 0 Å². The van der Waals surface area contributed by atoms with Gasteiger partial charge in [-0.2, -0.15) is 5.10 Å². The highest BCUT2D eigenvalue weighted by molar-refractivity contribution is 7.12. The van der Waals surface area contributed by atoms with Crippen LogP contribution in [-0.4, -0.2) is 15.6 Å². The second kappa shape index (κ2) is 3.98. The first-order valence-corrected chi connectivity index (χ1v) is 5.62. The van der Waals surface area contributed by atoms with Gasteiger partial charge in [-0.05, 0) is 31.4 Å². The molecule has 2 aromatic rings. The number of carbonyl (C=O) groups is 1. The third-order valence-corrected chi connectivity index (χ3v) is 3.10. The SMILES string of the molecule is Cc1cc(C)n(CC(=O)c2cccs2)n1. The topological polar surface area (TPSA) is 34.9 Å². The number of aromatic nitrogens is 2. The molecule has 0 bridgehead atoms. The van der Waals surface area contributed by atoms with Crippen LogP contribution in [0, 0.1) is 13.8 Å². The van der Waals surface area contributed by atoms with Crippen molar-refractivity contribution in [2.75, 3.05) is 0 Å². The molecular weight excluding hydrogens is 208 g/mol. The number of nitrogens with zero attached hydrogens (tertiary/aromatic N) is 2. The summed E-state index contributed by atoms with van der Waals surface area (Å²) in [7, 11) is 0. The van der Waals surface area contributed by atoms with Crippen molar-refractivity contribution in [2.45, 2.75) is 20.4 Å². The second-order valence-electron chi connectivity index (χ2n) is 3.49. The van der Waals surface area contributed by atoms with Gasteiger partial charge in [-0.25, -0.2) is 0 Å². The molecule has 2 heterocycles. The molecule has 2 rings (SSSR count). The normalized spacial score (nSPS) is 10.5. The predicted molar refractivity (Wildman–Crippen MR) is 60.4 cm³/mol. The molecule has 0 aliphatic carbocycles. The molecule has 0 N–H and O–H groups in total. The van der Waals surface area contributed by atoms with Crippen LogP contribution in [0.4, 0.5) is 0 Å². The van der Waals surface area contributed by atoms with Crippen molar-refractivity contribution in [3.05, 3.63) is 39.8 Å². The van der Waals surface area contributed by atoms with Crippen LogP contribution in [-0.2, 0) is 6.54 Å².